The van der Waals surface area contributed by atoms with Crippen LogP contribution in [-0.2, 0) is 9.53 Å². The van der Waals surface area contributed by atoms with Crippen LogP contribution in [0.4, 0.5) is 0 Å². The number of rotatable bonds is 5. The van der Waals surface area contributed by atoms with Gasteiger partial charge in [-0.1, -0.05) is 13.8 Å². The highest BCUT2D eigenvalue weighted by Crippen LogP contribution is 2.21. The molecular formula is C14H28N4O2. The van der Waals surface area contributed by atoms with Gasteiger partial charge >= 0.3 is 0 Å². The van der Waals surface area contributed by atoms with Crippen LogP contribution in [0.5, 0.6) is 0 Å². The fourth-order valence-corrected chi connectivity index (χ4v) is 3.08. The average Bonchev–Trinajstić information content (AvgIpc) is 2.88. The Morgan fingerprint density at radius 2 is 1.90 bits per heavy atom. The minimum Gasteiger partial charge on any atom is -0.364 e. The van der Waals surface area contributed by atoms with E-state index < -0.39 is 0 Å². The van der Waals surface area contributed by atoms with E-state index in [4.69, 9.17) is 10.6 Å². The molecule has 2 fully saturated rings. The van der Waals surface area contributed by atoms with E-state index in [2.05, 4.69) is 29.1 Å². The van der Waals surface area contributed by atoms with Crippen molar-refractivity contribution < 1.29 is 9.53 Å². The Morgan fingerprint density at radius 1 is 1.25 bits per heavy atom. The topological polar surface area (TPSA) is 70.8 Å². The highest BCUT2D eigenvalue weighted by atomic mass is 16.5. The standard InChI is InChI=1S/C14H28N4O2/c1-11(2)9-17-5-7-18(8-6-17)10-12-3-4-13(20-12)14(19)16-15/h11-13H,3-10,15H2,1-2H3,(H,16,19). The number of carbonyl (C=O) groups is 1. The van der Waals surface area contributed by atoms with Gasteiger partial charge in [0.15, 0.2) is 0 Å². The van der Waals surface area contributed by atoms with Gasteiger partial charge in [-0.05, 0) is 18.8 Å². The molecule has 2 rings (SSSR count). The van der Waals surface area contributed by atoms with Gasteiger partial charge in [0.25, 0.3) is 5.91 Å². The molecule has 0 radical (unpaired) electrons. The highest BCUT2D eigenvalue weighted by Gasteiger charge is 2.31. The van der Waals surface area contributed by atoms with Crippen LogP contribution >= 0.6 is 0 Å². The van der Waals surface area contributed by atoms with Gasteiger partial charge in [0.1, 0.15) is 6.10 Å². The first kappa shape index (κ1) is 15.7. The van der Waals surface area contributed by atoms with Crippen LogP contribution in [0.25, 0.3) is 0 Å². The first-order chi connectivity index (χ1) is 9.58. The molecule has 2 aliphatic rings. The number of amides is 1. The number of piperazine rings is 1. The van der Waals surface area contributed by atoms with Gasteiger partial charge in [-0.15, -0.1) is 0 Å². The van der Waals surface area contributed by atoms with Crippen LogP contribution in [0.15, 0.2) is 0 Å². The number of carbonyl (C=O) groups excluding carboxylic acids is 1. The molecule has 0 aromatic heterocycles. The predicted octanol–water partition coefficient (Wildman–Crippen LogP) is -0.202. The molecule has 2 atom stereocenters. The fourth-order valence-electron chi connectivity index (χ4n) is 3.08. The third kappa shape index (κ3) is 4.41. The quantitative estimate of drug-likeness (QED) is 0.415. The number of hydrogen-bond donors (Lipinski definition) is 2. The van der Waals surface area contributed by atoms with E-state index in [9.17, 15) is 4.79 Å². The maximum absolute atomic E-state index is 11.4. The van der Waals surface area contributed by atoms with Crippen molar-refractivity contribution in [2.24, 2.45) is 11.8 Å². The van der Waals surface area contributed by atoms with Crippen molar-refractivity contribution in [3.63, 3.8) is 0 Å². The number of ether oxygens (including phenoxy) is 1. The molecule has 6 nitrogen and oxygen atoms in total. The van der Waals surface area contributed by atoms with Crippen molar-refractivity contribution in [3.8, 4) is 0 Å². The molecule has 3 N–H and O–H groups in total. The lowest BCUT2D eigenvalue weighted by atomic mass is 10.1. The zero-order chi connectivity index (χ0) is 14.5. The predicted molar refractivity (Wildman–Crippen MR) is 77.9 cm³/mol. The maximum Gasteiger partial charge on any atom is 0.263 e. The van der Waals surface area contributed by atoms with Gasteiger partial charge in [0.05, 0.1) is 6.10 Å². The van der Waals surface area contributed by atoms with Crippen LogP contribution in [0.3, 0.4) is 0 Å². The van der Waals surface area contributed by atoms with E-state index in [1.54, 1.807) is 0 Å². The normalized spacial score (nSPS) is 29.0. The van der Waals surface area contributed by atoms with Crippen LogP contribution in [0, 0.1) is 5.92 Å². The number of hydrogen-bond acceptors (Lipinski definition) is 5. The van der Waals surface area contributed by atoms with Crippen molar-refractivity contribution in [2.75, 3.05) is 39.3 Å². The smallest absolute Gasteiger partial charge is 0.263 e. The van der Waals surface area contributed by atoms with Crippen LogP contribution < -0.4 is 11.3 Å². The monoisotopic (exact) mass is 284 g/mol. The number of nitrogens with two attached hydrogens (primary N) is 1. The van der Waals surface area contributed by atoms with Crippen molar-refractivity contribution in [1.29, 1.82) is 0 Å². The second kappa shape index (κ2) is 7.36. The van der Waals surface area contributed by atoms with Crippen molar-refractivity contribution in [2.45, 2.75) is 38.9 Å². The molecule has 0 aromatic rings. The molecule has 2 heterocycles. The second-order valence-corrected chi connectivity index (χ2v) is 6.33. The lowest BCUT2D eigenvalue weighted by Gasteiger charge is -2.36. The van der Waals surface area contributed by atoms with E-state index in [1.807, 2.05) is 0 Å². The third-order valence-corrected chi connectivity index (χ3v) is 4.09. The second-order valence-electron chi connectivity index (χ2n) is 6.33. The Labute approximate surface area is 121 Å². The fraction of sp³-hybridized carbons (Fsp3) is 0.929. The SMILES string of the molecule is CC(C)CN1CCN(CC2CCC(C(=O)NN)O2)CC1. The summed E-state index contributed by atoms with van der Waals surface area (Å²) in [5, 5.41) is 0. The van der Waals surface area contributed by atoms with E-state index in [-0.39, 0.29) is 18.1 Å². The summed E-state index contributed by atoms with van der Waals surface area (Å²) >= 11 is 0. The summed E-state index contributed by atoms with van der Waals surface area (Å²) in [5.74, 6) is 5.67. The first-order valence-corrected chi connectivity index (χ1v) is 7.69. The zero-order valence-corrected chi connectivity index (χ0v) is 12.7. The van der Waals surface area contributed by atoms with Gasteiger partial charge in [0.2, 0.25) is 0 Å². The van der Waals surface area contributed by atoms with Crippen molar-refractivity contribution in [1.82, 2.24) is 15.2 Å². The van der Waals surface area contributed by atoms with E-state index in [0.717, 1.165) is 51.5 Å². The Kier molecular flexibility index (Phi) is 5.77. The summed E-state index contributed by atoms with van der Waals surface area (Å²) in [6.45, 7) is 11.1. The highest BCUT2D eigenvalue weighted by molar-refractivity contribution is 5.80. The maximum atomic E-state index is 11.4. The number of nitrogens with zero attached hydrogens (tertiary/aromatic N) is 2. The van der Waals surface area contributed by atoms with Crippen LogP contribution in [-0.4, -0.2) is 67.2 Å². The molecule has 1 amide bonds. The summed E-state index contributed by atoms with van der Waals surface area (Å²) in [6, 6.07) is 0. The first-order valence-electron chi connectivity index (χ1n) is 7.69. The minimum atomic E-state index is -0.354. The van der Waals surface area contributed by atoms with Crippen LogP contribution in [0.1, 0.15) is 26.7 Å². The van der Waals surface area contributed by atoms with Gasteiger partial charge < -0.3 is 9.64 Å². The van der Waals surface area contributed by atoms with Crippen molar-refractivity contribution in [3.05, 3.63) is 0 Å². The van der Waals surface area contributed by atoms with Crippen LogP contribution in [0.2, 0.25) is 0 Å². The Balaban J connectivity index is 1.67. The van der Waals surface area contributed by atoms with Gasteiger partial charge in [-0.25, -0.2) is 5.84 Å². The van der Waals surface area contributed by atoms with Gasteiger partial charge in [-0.3, -0.25) is 15.1 Å². The summed E-state index contributed by atoms with van der Waals surface area (Å²) in [4.78, 5) is 16.4. The molecule has 116 valence electrons. The molecule has 0 spiro atoms. The summed E-state index contributed by atoms with van der Waals surface area (Å²) < 4.78 is 5.76. The Bertz CT molecular complexity index is 316. The molecule has 2 aliphatic heterocycles. The Hall–Kier alpha value is -0.690. The minimum absolute atomic E-state index is 0.175. The molecule has 0 bridgehead atoms. The van der Waals surface area contributed by atoms with Gasteiger partial charge in [-0.2, -0.15) is 0 Å². The van der Waals surface area contributed by atoms with E-state index in [0.29, 0.717) is 0 Å². The lowest BCUT2D eigenvalue weighted by molar-refractivity contribution is -0.132. The molecule has 20 heavy (non-hydrogen) atoms. The average molecular weight is 284 g/mol. The van der Waals surface area contributed by atoms with Gasteiger partial charge in [0, 0.05) is 39.3 Å². The van der Waals surface area contributed by atoms with Crippen molar-refractivity contribution >= 4 is 5.91 Å². The third-order valence-electron chi connectivity index (χ3n) is 4.09. The lowest BCUT2D eigenvalue weighted by Crippen LogP contribution is -2.49. The summed E-state index contributed by atoms with van der Waals surface area (Å²) in [6.07, 6.45) is 1.55. The summed E-state index contributed by atoms with van der Waals surface area (Å²) in [7, 11) is 0. The van der Waals surface area contributed by atoms with E-state index in [1.165, 1.54) is 6.54 Å². The molecule has 0 aromatic carbocycles. The molecule has 2 unspecified atom stereocenters. The molecule has 0 saturated carbocycles. The molecule has 0 aliphatic carbocycles. The Morgan fingerprint density at radius 3 is 2.50 bits per heavy atom. The largest absolute Gasteiger partial charge is 0.364 e. The van der Waals surface area contributed by atoms with E-state index >= 15 is 0 Å². The number of nitrogens with one attached hydrogen (secondary N) is 1. The molecule has 2 saturated heterocycles. The molecule has 6 heteroatoms. The summed E-state index contributed by atoms with van der Waals surface area (Å²) in [5.41, 5.74) is 2.17. The molecular weight excluding hydrogens is 256 g/mol. The number of hydrazine groups is 1. The zero-order valence-electron chi connectivity index (χ0n) is 12.7.